The number of primary sulfonamides is 1. The van der Waals surface area contributed by atoms with Gasteiger partial charge in [0.2, 0.25) is 16.0 Å². The van der Waals surface area contributed by atoms with E-state index in [1.165, 1.54) is 17.0 Å². The SMILES string of the molecule is NS(=O)(=O)c1ccc(Nc2nccc(-c3ccc(CNCc4cccnc4)s3)n2)cc1. The molecule has 0 saturated heterocycles. The van der Waals surface area contributed by atoms with Crippen LogP contribution in [0, 0.1) is 0 Å². The van der Waals surface area contributed by atoms with Crippen molar-refractivity contribution in [3.8, 4) is 10.6 Å². The quantitative estimate of drug-likeness (QED) is 0.375. The summed E-state index contributed by atoms with van der Waals surface area (Å²) in [4.78, 5) is 15.2. The number of rotatable bonds is 8. The summed E-state index contributed by atoms with van der Waals surface area (Å²) in [5.41, 5.74) is 2.61. The predicted octanol–water partition coefficient (Wildman–Crippen LogP) is 3.28. The molecule has 0 fully saturated rings. The molecule has 0 aliphatic carbocycles. The van der Waals surface area contributed by atoms with E-state index in [4.69, 9.17) is 5.14 Å². The average molecular weight is 453 g/mol. The van der Waals surface area contributed by atoms with Crippen molar-refractivity contribution in [1.29, 1.82) is 0 Å². The molecule has 0 spiro atoms. The third kappa shape index (κ3) is 5.70. The Labute approximate surface area is 184 Å². The Morgan fingerprint density at radius 3 is 2.55 bits per heavy atom. The van der Waals surface area contributed by atoms with Crippen LogP contribution in [-0.4, -0.2) is 23.4 Å². The molecule has 0 unspecified atom stereocenters. The summed E-state index contributed by atoms with van der Waals surface area (Å²) in [5, 5.41) is 11.6. The van der Waals surface area contributed by atoms with Crippen molar-refractivity contribution >= 4 is 33.0 Å². The van der Waals surface area contributed by atoms with Crippen molar-refractivity contribution in [1.82, 2.24) is 20.3 Å². The molecule has 8 nitrogen and oxygen atoms in total. The van der Waals surface area contributed by atoms with E-state index in [9.17, 15) is 8.42 Å². The Hall–Kier alpha value is -3.18. The van der Waals surface area contributed by atoms with Crippen LogP contribution in [0.1, 0.15) is 10.4 Å². The molecule has 0 saturated carbocycles. The number of nitrogens with one attached hydrogen (secondary N) is 2. The van der Waals surface area contributed by atoms with Crippen molar-refractivity contribution in [3.05, 3.63) is 83.6 Å². The topological polar surface area (TPSA) is 123 Å². The lowest BCUT2D eigenvalue weighted by Gasteiger charge is -2.06. The number of aromatic nitrogens is 3. The van der Waals surface area contributed by atoms with Crippen LogP contribution in [0.5, 0.6) is 0 Å². The number of sulfonamides is 1. The first-order chi connectivity index (χ1) is 15.0. The molecule has 3 heterocycles. The number of thiophene rings is 1. The lowest BCUT2D eigenvalue weighted by Crippen LogP contribution is -2.11. The van der Waals surface area contributed by atoms with Crippen LogP contribution in [0.4, 0.5) is 11.6 Å². The zero-order chi connectivity index (χ0) is 21.7. The van der Waals surface area contributed by atoms with Gasteiger partial charge in [-0.3, -0.25) is 4.98 Å². The summed E-state index contributed by atoms with van der Waals surface area (Å²) in [5.74, 6) is 0.422. The van der Waals surface area contributed by atoms with Crippen LogP contribution in [0.3, 0.4) is 0 Å². The Morgan fingerprint density at radius 1 is 0.968 bits per heavy atom. The second-order valence-electron chi connectivity index (χ2n) is 6.69. The van der Waals surface area contributed by atoms with E-state index in [0.717, 1.165) is 29.2 Å². The first-order valence-corrected chi connectivity index (χ1v) is 11.8. The maximum absolute atomic E-state index is 11.4. The second-order valence-corrected chi connectivity index (χ2v) is 9.42. The van der Waals surface area contributed by atoms with Crippen LogP contribution in [0.15, 0.2) is 78.1 Å². The molecule has 0 bridgehead atoms. The van der Waals surface area contributed by atoms with Gasteiger partial charge in [0, 0.05) is 42.2 Å². The van der Waals surface area contributed by atoms with Gasteiger partial charge in [0.25, 0.3) is 0 Å². The monoisotopic (exact) mass is 452 g/mol. The first-order valence-electron chi connectivity index (χ1n) is 9.39. The summed E-state index contributed by atoms with van der Waals surface area (Å²) >= 11 is 1.66. The molecule has 0 radical (unpaired) electrons. The summed E-state index contributed by atoms with van der Waals surface area (Å²) in [6, 6.07) is 16.1. The van der Waals surface area contributed by atoms with Gasteiger partial charge in [-0.1, -0.05) is 6.07 Å². The van der Waals surface area contributed by atoms with Crippen LogP contribution < -0.4 is 15.8 Å². The molecular weight excluding hydrogens is 432 g/mol. The molecule has 10 heteroatoms. The molecule has 3 aromatic heterocycles. The minimum absolute atomic E-state index is 0.0518. The van der Waals surface area contributed by atoms with Crippen LogP contribution in [0.25, 0.3) is 10.6 Å². The van der Waals surface area contributed by atoms with Gasteiger partial charge >= 0.3 is 0 Å². The molecule has 0 aliphatic rings. The number of nitrogens with two attached hydrogens (primary N) is 1. The first kappa shape index (κ1) is 21.1. The zero-order valence-corrected chi connectivity index (χ0v) is 18.0. The average Bonchev–Trinajstić information content (AvgIpc) is 3.24. The Bertz CT molecular complexity index is 1260. The van der Waals surface area contributed by atoms with Gasteiger partial charge in [0.1, 0.15) is 0 Å². The van der Waals surface area contributed by atoms with Crippen molar-refractivity contribution in [2.45, 2.75) is 18.0 Å². The largest absolute Gasteiger partial charge is 0.324 e. The minimum atomic E-state index is -3.72. The van der Waals surface area contributed by atoms with Gasteiger partial charge in [0.15, 0.2) is 0 Å². The maximum Gasteiger partial charge on any atom is 0.238 e. The fourth-order valence-electron chi connectivity index (χ4n) is 2.86. The summed E-state index contributed by atoms with van der Waals surface area (Å²) in [6.07, 6.45) is 5.30. The van der Waals surface area contributed by atoms with Crippen molar-refractivity contribution < 1.29 is 8.42 Å². The molecule has 4 aromatic rings. The minimum Gasteiger partial charge on any atom is -0.324 e. The molecule has 4 N–H and O–H groups in total. The maximum atomic E-state index is 11.4. The fourth-order valence-corrected chi connectivity index (χ4v) is 4.32. The van der Waals surface area contributed by atoms with E-state index in [1.807, 2.05) is 30.5 Å². The Morgan fingerprint density at radius 2 is 1.81 bits per heavy atom. The number of nitrogens with zero attached hydrogens (tertiary/aromatic N) is 3. The predicted molar refractivity (Wildman–Crippen MR) is 121 cm³/mol. The molecule has 0 amide bonds. The van der Waals surface area contributed by atoms with E-state index in [0.29, 0.717) is 11.6 Å². The Kier molecular flexibility index (Phi) is 6.33. The number of hydrogen-bond acceptors (Lipinski definition) is 8. The second kappa shape index (κ2) is 9.31. The highest BCUT2D eigenvalue weighted by atomic mass is 32.2. The van der Waals surface area contributed by atoms with Gasteiger partial charge in [0.05, 0.1) is 15.5 Å². The lowest BCUT2D eigenvalue weighted by atomic mass is 10.3. The molecule has 158 valence electrons. The van der Waals surface area contributed by atoms with E-state index >= 15 is 0 Å². The highest BCUT2D eigenvalue weighted by molar-refractivity contribution is 7.89. The normalized spacial score (nSPS) is 11.4. The molecule has 0 atom stereocenters. The number of benzene rings is 1. The molecular formula is C21H20N6O2S2. The van der Waals surface area contributed by atoms with E-state index in [2.05, 4.69) is 31.7 Å². The summed E-state index contributed by atoms with van der Waals surface area (Å²) in [6.45, 7) is 1.51. The van der Waals surface area contributed by atoms with Gasteiger partial charge in [-0.15, -0.1) is 11.3 Å². The van der Waals surface area contributed by atoms with Crippen molar-refractivity contribution in [2.24, 2.45) is 5.14 Å². The highest BCUT2D eigenvalue weighted by Crippen LogP contribution is 2.27. The standard InChI is InChI=1S/C21H20N6O2S2/c22-31(28,29)18-6-3-16(4-7-18)26-21-25-11-9-19(27-21)20-8-5-17(30-20)14-24-13-15-2-1-10-23-12-15/h1-12,24H,13-14H2,(H2,22,28,29)(H,25,26,27). The number of anilines is 2. The number of hydrogen-bond donors (Lipinski definition) is 3. The fraction of sp³-hybridized carbons (Fsp3) is 0.0952. The van der Waals surface area contributed by atoms with Gasteiger partial charge in [-0.05, 0) is 54.1 Å². The van der Waals surface area contributed by atoms with Crippen LogP contribution in [-0.2, 0) is 23.1 Å². The zero-order valence-electron chi connectivity index (χ0n) is 16.4. The lowest BCUT2D eigenvalue weighted by molar-refractivity contribution is 0.598. The highest BCUT2D eigenvalue weighted by Gasteiger charge is 2.09. The Balaban J connectivity index is 1.40. The van der Waals surface area contributed by atoms with Crippen LogP contribution in [0.2, 0.25) is 0 Å². The van der Waals surface area contributed by atoms with Gasteiger partial charge < -0.3 is 10.6 Å². The number of pyridine rings is 1. The molecule has 1 aromatic carbocycles. The third-order valence-corrected chi connectivity index (χ3v) is 6.40. The van der Waals surface area contributed by atoms with Crippen LogP contribution >= 0.6 is 11.3 Å². The van der Waals surface area contributed by atoms with Crippen molar-refractivity contribution in [2.75, 3.05) is 5.32 Å². The van der Waals surface area contributed by atoms with Gasteiger partial charge in [-0.25, -0.2) is 23.5 Å². The smallest absolute Gasteiger partial charge is 0.238 e. The summed E-state index contributed by atoms with van der Waals surface area (Å²) in [7, 11) is -3.72. The molecule has 0 aliphatic heterocycles. The van der Waals surface area contributed by atoms with Gasteiger partial charge in [-0.2, -0.15) is 0 Å². The van der Waals surface area contributed by atoms with E-state index in [1.54, 1.807) is 35.9 Å². The summed E-state index contributed by atoms with van der Waals surface area (Å²) < 4.78 is 22.7. The third-order valence-electron chi connectivity index (χ3n) is 4.36. The molecule has 31 heavy (non-hydrogen) atoms. The van der Waals surface area contributed by atoms with E-state index in [-0.39, 0.29) is 4.90 Å². The molecule has 4 rings (SSSR count). The van der Waals surface area contributed by atoms with E-state index < -0.39 is 10.0 Å². The van der Waals surface area contributed by atoms with Crippen molar-refractivity contribution in [3.63, 3.8) is 0 Å².